The van der Waals surface area contributed by atoms with Crippen molar-refractivity contribution in [2.75, 3.05) is 0 Å². The van der Waals surface area contributed by atoms with Crippen LogP contribution in [0.2, 0.25) is 0 Å². The Kier molecular flexibility index (Phi) is 1.74. The average molecular weight is 143 g/mol. The van der Waals surface area contributed by atoms with E-state index < -0.39 is 0 Å². The molecule has 0 aliphatic heterocycles. The van der Waals surface area contributed by atoms with Crippen LogP contribution in [-0.2, 0) is 0 Å². The third-order valence-electron chi connectivity index (χ3n) is 0.711. The highest BCUT2D eigenvalue weighted by atomic mass is 32.1. The van der Waals surface area contributed by atoms with Gasteiger partial charge in [0.25, 0.3) is 0 Å². The molecule has 1 aromatic heterocycles. The predicted octanol–water partition coefficient (Wildman–Crippen LogP) is 0.655. The number of hydrogen-bond acceptors (Lipinski definition) is 5. The molecule has 0 atom stereocenters. The molecule has 0 aromatic carbocycles. The van der Waals surface area contributed by atoms with Gasteiger partial charge >= 0.3 is 0 Å². The number of aromatic nitrogens is 2. The van der Waals surface area contributed by atoms with Gasteiger partial charge in [0.2, 0.25) is 0 Å². The van der Waals surface area contributed by atoms with E-state index in [9.17, 15) is 0 Å². The lowest BCUT2D eigenvalue weighted by molar-refractivity contribution is 0.322. The molecule has 0 aliphatic carbocycles. The van der Waals surface area contributed by atoms with Gasteiger partial charge in [0, 0.05) is 0 Å². The Hall–Kier alpha value is -0.970. The first-order valence-electron chi connectivity index (χ1n) is 2.30. The maximum Gasteiger partial charge on any atom is 0.158 e. The molecule has 0 saturated carbocycles. The highest BCUT2D eigenvalue weighted by molar-refractivity contribution is 7.07. The Bertz CT molecular complexity index is 219. The predicted molar refractivity (Wildman–Crippen MR) is 34.0 cm³/mol. The van der Waals surface area contributed by atoms with Crippen LogP contribution in [0.1, 0.15) is 10.8 Å². The van der Waals surface area contributed by atoms with Crippen molar-refractivity contribution in [3.8, 4) is 0 Å². The van der Waals surface area contributed by atoms with Crippen LogP contribution in [0.3, 0.4) is 0 Å². The molecule has 9 heavy (non-hydrogen) atoms. The van der Waals surface area contributed by atoms with E-state index in [1.54, 1.807) is 6.92 Å². The molecule has 1 rings (SSSR count). The summed E-state index contributed by atoms with van der Waals surface area (Å²) in [5.74, 6) is 0.704. The lowest BCUT2D eigenvalue weighted by Crippen LogP contribution is -1.77. The Labute approximate surface area is 56.0 Å². The summed E-state index contributed by atoms with van der Waals surface area (Å²) < 4.78 is 3.86. The first-order chi connectivity index (χ1) is 4.33. The van der Waals surface area contributed by atoms with Crippen molar-refractivity contribution in [1.82, 2.24) is 9.36 Å². The average Bonchev–Trinajstić information content (AvgIpc) is 2.17. The Morgan fingerprint density at radius 2 is 2.56 bits per heavy atom. The van der Waals surface area contributed by atoms with Crippen LogP contribution in [0.5, 0.6) is 0 Å². The van der Waals surface area contributed by atoms with Crippen molar-refractivity contribution in [2.24, 2.45) is 5.16 Å². The Morgan fingerprint density at radius 3 is 3.00 bits per heavy atom. The molecule has 1 aromatic rings. The standard InChI is InChI=1S/C4H5N3OS/c1-3-6-4(2-5-8)9-7-3/h2,8H,1H3/b5-2-. The van der Waals surface area contributed by atoms with Crippen LogP contribution in [0.4, 0.5) is 0 Å². The Balaban J connectivity index is 2.85. The lowest BCUT2D eigenvalue weighted by Gasteiger charge is -1.72. The number of rotatable bonds is 1. The molecule has 5 heteroatoms. The zero-order valence-corrected chi connectivity index (χ0v) is 5.59. The molecule has 0 spiro atoms. The van der Waals surface area contributed by atoms with E-state index in [2.05, 4.69) is 14.5 Å². The monoisotopic (exact) mass is 143 g/mol. The van der Waals surface area contributed by atoms with Gasteiger partial charge in [0.1, 0.15) is 12.0 Å². The van der Waals surface area contributed by atoms with E-state index in [4.69, 9.17) is 5.21 Å². The van der Waals surface area contributed by atoms with Gasteiger partial charge in [0.15, 0.2) is 5.01 Å². The molecule has 0 fully saturated rings. The second-order valence-corrected chi connectivity index (χ2v) is 2.21. The topological polar surface area (TPSA) is 58.4 Å². The maximum absolute atomic E-state index is 8.04. The molecule has 0 bridgehead atoms. The molecule has 0 unspecified atom stereocenters. The van der Waals surface area contributed by atoms with Crippen molar-refractivity contribution < 1.29 is 5.21 Å². The molecule has 0 radical (unpaired) electrons. The van der Waals surface area contributed by atoms with Crippen LogP contribution < -0.4 is 0 Å². The van der Waals surface area contributed by atoms with E-state index in [-0.39, 0.29) is 0 Å². The van der Waals surface area contributed by atoms with Crippen molar-refractivity contribution in [2.45, 2.75) is 6.92 Å². The molecular weight excluding hydrogens is 138 g/mol. The minimum Gasteiger partial charge on any atom is -0.411 e. The van der Waals surface area contributed by atoms with Crippen LogP contribution in [0, 0.1) is 6.92 Å². The van der Waals surface area contributed by atoms with E-state index in [0.29, 0.717) is 10.8 Å². The fraction of sp³-hybridized carbons (Fsp3) is 0.250. The summed E-state index contributed by atoms with van der Waals surface area (Å²) in [5, 5.41) is 11.5. The van der Waals surface area contributed by atoms with Gasteiger partial charge in [-0.3, -0.25) is 0 Å². The van der Waals surface area contributed by atoms with Gasteiger partial charge in [-0.2, -0.15) is 4.37 Å². The molecule has 0 amide bonds. The molecule has 48 valence electrons. The van der Waals surface area contributed by atoms with Crippen molar-refractivity contribution >= 4 is 17.7 Å². The van der Waals surface area contributed by atoms with Crippen LogP contribution in [-0.4, -0.2) is 20.8 Å². The van der Waals surface area contributed by atoms with Crippen LogP contribution in [0.15, 0.2) is 5.16 Å². The zero-order chi connectivity index (χ0) is 6.69. The van der Waals surface area contributed by atoms with Gasteiger partial charge < -0.3 is 5.21 Å². The fourth-order valence-corrected chi connectivity index (χ4v) is 0.949. The summed E-state index contributed by atoms with van der Waals surface area (Å²) in [7, 11) is 0. The van der Waals surface area contributed by atoms with Crippen molar-refractivity contribution in [3.63, 3.8) is 0 Å². The molecule has 0 aliphatic rings. The Morgan fingerprint density at radius 1 is 1.78 bits per heavy atom. The summed E-state index contributed by atoms with van der Waals surface area (Å²) in [6.07, 6.45) is 1.25. The van der Waals surface area contributed by atoms with Gasteiger partial charge in [0.05, 0.1) is 0 Å². The molecule has 1 heterocycles. The summed E-state index contributed by atoms with van der Waals surface area (Å²) >= 11 is 1.20. The van der Waals surface area contributed by atoms with Gasteiger partial charge in [-0.1, -0.05) is 5.16 Å². The van der Waals surface area contributed by atoms with Crippen molar-refractivity contribution in [1.29, 1.82) is 0 Å². The molecule has 0 saturated heterocycles. The van der Waals surface area contributed by atoms with Gasteiger partial charge in [-0.05, 0) is 18.5 Å². The normalized spacial score (nSPS) is 10.8. The van der Waals surface area contributed by atoms with Gasteiger partial charge in [-0.25, -0.2) is 4.98 Å². The van der Waals surface area contributed by atoms with Crippen LogP contribution >= 0.6 is 11.5 Å². The highest BCUT2D eigenvalue weighted by Gasteiger charge is 1.93. The number of oxime groups is 1. The smallest absolute Gasteiger partial charge is 0.158 e. The zero-order valence-electron chi connectivity index (χ0n) is 4.77. The van der Waals surface area contributed by atoms with E-state index >= 15 is 0 Å². The molecular formula is C4H5N3OS. The molecule has 4 nitrogen and oxygen atoms in total. The first-order valence-corrected chi connectivity index (χ1v) is 3.08. The molecule has 1 N–H and O–H groups in total. The number of hydrogen-bond donors (Lipinski definition) is 1. The lowest BCUT2D eigenvalue weighted by atomic mass is 10.7. The quantitative estimate of drug-likeness (QED) is 0.357. The van der Waals surface area contributed by atoms with Gasteiger partial charge in [-0.15, -0.1) is 0 Å². The second-order valence-electron chi connectivity index (χ2n) is 1.42. The first kappa shape index (κ1) is 6.15. The fourth-order valence-electron chi connectivity index (χ4n) is 0.415. The number of aryl methyl sites for hydroxylation is 1. The van der Waals surface area contributed by atoms with Crippen LogP contribution in [0.25, 0.3) is 0 Å². The summed E-state index contributed by atoms with van der Waals surface area (Å²) in [6.45, 7) is 1.78. The number of nitrogens with zero attached hydrogens (tertiary/aromatic N) is 3. The third-order valence-corrected chi connectivity index (χ3v) is 1.45. The minimum atomic E-state index is 0.620. The van der Waals surface area contributed by atoms with E-state index in [0.717, 1.165) is 0 Å². The minimum absolute atomic E-state index is 0.620. The summed E-state index contributed by atoms with van der Waals surface area (Å²) in [5.41, 5.74) is 0. The largest absolute Gasteiger partial charge is 0.411 e. The van der Waals surface area contributed by atoms with Crippen molar-refractivity contribution in [3.05, 3.63) is 10.8 Å². The van der Waals surface area contributed by atoms with E-state index in [1.807, 2.05) is 0 Å². The highest BCUT2D eigenvalue weighted by Crippen LogP contribution is 1.98. The third kappa shape index (κ3) is 1.46. The van der Waals surface area contributed by atoms with E-state index in [1.165, 1.54) is 17.7 Å². The summed E-state index contributed by atoms with van der Waals surface area (Å²) in [6, 6.07) is 0. The summed E-state index contributed by atoms with van der Waals surface area (Å²) in [4.78, 5) is 3.90. The second kappa shape index (κ2) is 2.54. The maximum atomic E-state index is 8.04. The SMILES string of the molecule is Cc1nsc(/C=N\O)n1.